The van der Waals surface area contributed by atoms with E-state index >= 15 is 0 Å². The van der Waals surface area contributed by atoms with Gasteiger partial charge in [0.2, 0.25) is 23.8 Å². The largest absolute Gasteiger partial charge is 0.339 e. The van der Waals surface area contributed by atoms with Crippen LogP contribution in [0.2, 0.25) is 0 Å². The first kappa shape index (κ1) is 24.4. The van der Waals surface area contributed by atoms with Crippen molar-refractivity contribution in [2.24, 2.45) is 5.73 Å². The highest BCUT2D eigenvalue weighted by atomic mass is 19.1. The van der Waals surface area contributed by atoms with Gasteiger partial charge in [-0.05, 0) is 25.7 Å². The molecule has 38 heavy (non-hydrogen) atoms. The normalized spacial score (nSPS) is 23.5. The average Bonchev–Trinajstić information content (AvgIpc) is 3.55. The number of nitrogens with two attached hydrogens (primary N) is 1. The molecule has 0 bridgehead atoms. The molecule has 1 amide bonds. The van der Waals surface area contributed by atoms with Crippen molar-refractivity contribution in [1.82, 2.24) is 35.1 Å². The minimum Gasteiger partial charge on any atom is -0.339 e. The summed E-state index contributed by atoms with van der Waals surface area (Å²) >= 11 is 0. The van der Waals surface area contributed by atoms with Gasteiger partial charge in [0.25, 0.3) is 0 Å². The highest BCUT2D eigenvalue weighted by Gasteiger charge is 2.36. The first-order valence-electron chi connectivity index (χ1n) is 13.1. The molecular formula is C24H31FN12O. The van der Waals surface area contributed by atoms with Gasteiger partial charge in [-0.2, -0.15) is 20.1 Å². The molecule has 1 aliphatic carbocycles. The van der Waals surface area contributed by atoms with Crippen molar-refractivity contribution >= 4 is 35.4 Å². The number of halogens is 1. The van der Waals surface area contributed by atoms with Crippen LogP contribution in [0, 0.1) is 0 Å². The van der Waals surface area contributed by atoms with Crippen molar-refractivity contribution in [3.63, 3.8) is 0 Å². The number of aromatic nitrogens is 7. The number of alkyl halides is 1. The van der Waals surface area contributed by atoms with Crippen molar-refractivity contribution in [3.8, 4) is 0 Å². The Morgan fingerprint density at radius 3 is 2.79 bits per heavy atom. The highest BCUT2D eigenvalue weighted by molar-refractivity contribution is 5.90. The Morgan fingerprint density at radius 1 is 1.13 bits per heavy atom. The number of hydrogen-bond acceptors (Lipinski definition) is 11. The first-order valence-corrected chi connectivity index (χ1v) is 13.1. The molecule has 3 aliphatic rings. The smallest absolute Gasteiger partial charge is 0.235 e. The fourth-order valence-electron chi connectivity index (χ4n) is 5.06. The van der Waals surface area contributed by atoms with E-state index in [0.29, 0.717) is 41.9 Å². The molecule has 3 aromatic rings. The summed E-state index contributed by atoms with van der Waals surface area (Å²) in [4.78, 5) is 38.6. The van der Waals surface area contributed by atoms with Crippen molar-refractivity contribution in [2.75, 3.05) is 40.1 Å². The van der Waals surface area contributed by atoms with Gasteiger partial charge in [-0.25, -0.2) is 9.37 Å². The number of piperidine rings is 1. The molecule has 3 fully saturated rings. The fraction of sp³-hybridized carbons (Fsp3) is 0.542. The van der Waals surface area contributed by atoms with Crippen LogP contribution in [0.1, 0.15) is 50.1 Å². The van der Waals surface area contributed by atoms with Gasteiger partial charge in [0.05, 0.1) is 12.7 Å². The Hall–Kier alpha value is -3.94. The van der Waals surface area contributed by atoms with Crippen LogP contribution < -0.4 is 26.2 Å². The van der Waals surface area contributed by atoms with Gasteiger partial charge in [-0.15, -0.1) is 0 Å². The quantitative estimate of drug-likeness (QED) is 0.341. The molecule has 0 radical (unpaired) electrons. The lowest BCUT2D eigenvalue weighted by atomic mass is 10.1. The zero-order valence-electron chi connectivity index (χ0n) is 20.9. The van der Waals surface area contributed by atoms with E-state index in [4.69, 9.17) is 10.7 Å². The summed E-state index contributed by atoms with van der Waals surface area (Å²) in [7, 11) is 0. The molecule has 2 aliphatic heterocycles. The Kier molecular flexibility index (Phi) is 6.70. The predicted molar refractivity (Wildman–Crippen MR) is 139 cm³/mol. The second kappa shape index (κ2) is 10.4. The van der Waals surface area contributed by atoms with Crippen molar-refractivity contribution < 1.29 is 9.18 Å². The van der Waals surface area contributed by atoms with E-state index in [1.807, 2.05) is 11.0 Å². The molecule has 2 saturated heterocycles. The lowest BCUT2D eigenvalue weighted by Crippen LogP contribution is -2.44. The van der Waals surface area contributed by atoms with Crippen LogP contribution in [0.5, 0.6) is 0 Å². The first-order chi connectivity index (χ1) is 18.5. The molecule has 3 aromatic heterocycles. The summed E-state index contributed by atoms with van der Waals surface area (Å²) in [6, 6.07) is 1.55. The molecule has 200 valence electrons. The topological polar surface area (TPSA) is 167 Å². The van der Waals surface area contributed by atoms with Gasteiger partial charge in [0.1, 0.15) is 6.17 Å². The summed E-state index contributed by atoms with van der Waals surface area (Å²) in [5, 5.41) is 13.3. The number of carbonyl (C=O) groups excluding carboxylic acids is 1. The Labute approximate surface area is 218 Å². The zero-order chi connectivity index (χ0) is 26.1. The van der Waals surface area contributed by atoms with Gasteiger partial charge in [-0.3, -0.25) is 14.9 Å². The fourth-order valence-corrected chi connectivity index (χ4v) is 5.06. The van der Waals surface area contributed by atoms with Gasteiger partial charge >= 0.3 is 0 Å². The summed E-state index contributed by atoms with van der Waals surface area (Å²) in [6.45, 7) is 1.47. The molecule has 5 N–H and O–H groups in total. The summed E-state index contributed by atoms with van der Waals surface area (Å²) < 4.78 is 14.7. The van der Waals surface area contributed by atoms with E-state index in [2.05, 4.69) is 40.8 Å². The van der Waals surface area contributed by atoms with E-state index in [9.17, 15) is 9.18 Å². The van der Waals surface area contributed by atoms with E-state index < -0.39 is 12.2 Å². The van der Waals surface area contributed by atoms with E-state index in [1.165, 1.54) is 18.6 Å². The maximum atomic E-state index is 14.7. The van der Waals surface area contributed by atoms with Crippen LogP contribution in [0.4, 0.5) is 33.9 Å². The summed E-state index contributed by atoms with van der Waals surface area (Å²) in [5.41, 5.74) is 7.30. The second-order valence-electron chi connectivity index (χ2n) is 10.2. The molecule has 1 saturated carbocycles. The zero-order valence-corrected chi connectivity index (χ0v) is 20.9. The maximum Gasteiger partial charge on any atom is 0.235 e. The molecule has 5 heterocycles. The average molecular weight is 523 g/mol. The monoisotopic (exact) mass is 522 g/mol. The van der Waals surface area contributed by atoms with E-state index in [1.54, 1.807) is 4.90 Å². The van der Waals surface area contributed by atoms with Crippen LogP contribution >= 0.6 is 0 Å². The molecule has 1 unspecified atom stereocenters. The van der Waals surface area contributed by atoms with Crippen LogP contribution in [-0.2, 0) is 4.79 Å². The lowest BCUT2D eigenvalue weighted by Gasteiger charge is -2.32. The Morgan fingerprint density at radius 2 is 2.00 bits per heavy atom. The molecule has 3 atom stereocenters. The Balaban J connectivity index is 1.26. The SMILES string of the molecule is N[C@H]1CCCN(c2nc(Nc3cc(C4CC4)[nH]n3)nc(N3C[C@H](F)CC3CC(=O)Nc3cnccn3)n2)C1. The summed E-state index contributed by atoms with van der Waals surface area (Å²) in [5.74, 6) is 2.28. The molecule has 0 aromatic carbocycles. The van der Waals surface area contributed by atoms with Crippen LogP contribution in [0.15, 0.2) is 24.7 Å². The number of anilines is 5. The molecule has 14 heteroatoms. The standard InChI is InChI=1S/C24H31FN12O/c25-15-8-17(9-21(38)29-20-11-27-5-6-28-20)37(12-15)24-32-22(30-19-10-18(34-35-19)14-3-4-14)31-23(33-24)36-7-1-2-16(26)13-36/h5-6,10-11,14-17H,1-4,7-9,12-13,26H2,(H,28,29,38)(H2,30,31,32,33,34,35)/t15-,16+,17?/m1/s1. The number of carbonyl (C=O) groups is 1. The summed E-state index contributed by atoms with van der Waals surface area (Å²) in [6.07, 6.45) is 7.79. The third-order valence-electron chi connectivity index (χ3n) is 7.08. The van der Waals surface area contributed by atoms with Crippen LogP contribution in [0.3, 0.4) is 0 Å². The highest BCUT2D eigenvalue weighted by Crippen LogP contribution is 2.39. The molecule has 13 nitrogen and oxygen atoms in total. The minimum atomic E-state index is -1.11. The predicted octanol–water partition coefficient (Wildman–Crippen LogP) is 1.88. The van der Waals surface area contributed by atoms with Gasteiger partial charge in [0, 0.05) is 68.1 Å². The number of rotatable bonds is 8. The van der Waals surface area contributed by atoms with Gasteiger partial charge < -0.3 is 26.2 Å². The maximum absolute atomic E-state index is 14.7. The molecule has 0 spiro atoms. The lowest BCUT2D eigenvalue weighted by molar-refractivity contribution is -0.116. The molecule has 6 rings (SSSR count). The second-order valence-corrected chi connectivity index (χ2v) is 10.2. The number of nitrogens with one attached hydrogen (secondary N) is 3. The van der Waals surface area contributed by atoms with Crippen molar-refractivity contribution in [3.05, 3.63) is 30.4 Å². The minimum absolute atomic E-state index is 0.0207. The van der Waals surface area contributed by atoms with Crippen molar-refractivity contribution in [2.45, 2.75) is 62.7 Å². The van der Waals surface area contributed by atoms with E-state index in [0.717, 1.165) is 37.9 Å². The van der Waals surface area contributed by atoms with Gasteiger partial charge in [0.15, 0.2) is 11.6 Å². The number of hydrogen-bond donors (Lipinski definition) is 4. The molecular weight excluding hydrogens is 491 g/mol. The number of H-pyrrole nitrogens is 1. The van der Waals surface area contributed by atoms with E-state index in [-0.39, 0.29) is 31.3 Å². The number of nitrogens with zero attached hydrogens (tertiary/aromatic N) is 8. The Bertz CT molecular complexity index is 1270. The van der Waals surface area contributed by atoms with Crippen molar-refractivity contribution in [1.29, 1.82) is 0 Å². The third-order valence-corrected chi connectivity index (χ3v) is 7.08. The number of amides is 1. The number of aromatic amines is 1. The van der Waals surface area contributed by atoms with Crippen LogP contribution in [0.25, 0.3) is 0 Å². The third kappa shape index (κ3) is 5.64. The van der Waals surface area contributed by atoms with Gasteiger partial charge in [-0.1, -0.05) is 0 Å². The van der Waals surface area contributed by atoms with Crippen LogP contribution in [-0.4, -0.2) is 78.9 Å².